The van der Waals surface area contributed by atoms with E-state index in [-0.39, 0.29) is 16.0 Å². The van der Waals surface area contributed by atoms with Gasteiger partial charge in [0.15, 0.2) is 11.6 Å². The van der Waals surface area contributed by atoms with Gasteiger partial charge >= 0.3 is 5.97 Å². The van der Waals surface area contributed by atoms with Crippen molar-refractivity contribution in [2.45, 2.75) is 6.92 Å². The number of hydrogen-bond donors (Lipinski definition) is 1. The minimum Gasteiger partial charge on any atom is -0.477 e. The summed E-state index contributed by atoms with van der Waals surface area (Å²) in [6.07, 6.45) is 0. The second kappa shape index (κ2) is 4.93. The molecule has 80 valence electrons. The van der Waals surface area contributed by atoms with Crippen molar-refractivity contribution in [2.75, 3.05) is 0 Å². The molecule has 0 amide bonds. The van der Waals surface area contributed by atoms with Crippen molar-refractivity contribution in [2.24, 2.45) is 0 Å². The van der Waals surface area contributed by atoms with Gasteiger partial charge in [-0.05, 0) is 35.0 Å². The minimum absolute atomic E-state index is 0.00630. The van der Waals surface area contributed by atoms with E-state index in [0.29, 0.717) is 0 Å². The van der Waals surface area contributed by atoms with Gasteiger partial charge < -0.3 is 9.84 Å². The maximum atomic E-state index is 13.1. The maximum Gasteiger partial charge on any atom is 0.346 e. The Balaban J connectivity index is 2.93. The molecule has 0 heterocycles. The van der Waals surface area contributed by atoms with Crippen molar-refractivity contribution in [3.05, 3.63) is 40.3 Å². The topological polar surface area (TPSA) is 46.5 Å². The summed E-state index contributed by atoms with van der Waals surface area (Å²) in [7, 11) is 0. The molecule has 0 fully saturated rings. The molecule has 0 aliphatic carbocycles. The summed E-state index contributed by atoms with van der Waals surface area (Å²) in [5.41, 5.74) is 0. The quantitative estimate of drug-likeness (QED) is 0.681. The first-order valence-corrected chi connectivity index (χ1v) is 4.83. The molecule has 0 bridgehead atoms. The third kappa shape index (κ3) is 3.06. The molecule has 15 heavy (non-hydrogen) atoms. The lowest BCUT2D eigenvalue weighted by Gasteiger charge is -2.07. The van der Waals surface area contributed by atoms with Crippen LogP contribution in [0.15, 0.2) is 34.5 Å². The summed E-state index contributed by atoms with van der Waals surface area (Å²) in [6, 6.07) is 5.77. The Kier molecular flexibility index (Phi) is 3.85. The fraction of sp³-hybridized carbons (Fsp3) is 0.100. The van der Waals surface area contributed by atoms with Gasteiger partial charge in [0.2, 0.25) is 0 Å². The maximum absolute atomic E-state index is 13.1. The first kappa shape index (κ1) is 11.7. The summed E-state index contributed by atoms with van der Waals surface area (Å²) in [4.78, 5) is 10.5. The molecule has 5 heteroatoms. The predicted molar refractivity (Wildman–Crippen MR) is 56.3 cm³/mol. The average Bonchev–Trinajstić information content (AvgIpc) is 2.20. The van der Waals surface area contributed by atoms with Crippen LogP contribution in [0.25, 0.3) is 0 Å². The molecule has 1 rings (SSSR count). The highest BCUT2D eigenvalue weighted by Gasteiger charge is 2.10. The SMILES string of the molecule is C/C(Oc1ccccc1F)=C(/Br)C(=O)O. The number of carbonyl (C=O) groups is 1. The summed E-state index contributed by atoms with van der Waals surface area (Å²) in [6.45, 7) is 1.44. The number of ether oxygens (including phenoxy) is 1. The van der Waals surface area contributed by atoms with Crippen LogP contribution < -0.4 is 4.74 Å². The van der Waals surface area contributed by atoms with E-state index in [0.717, 1.165) is 0 Å². The lowest BCUT2D eigenvalue weighted by molar-refractivity contribution is -0.131. The molecule has 1 N–H and O–H groups in total. The van der Waals surface area contributed by atoms with E-state index in [4.69, 9.17) is 9.84 Å². The van der Waals surface area contributed by atoms with Crippen LogP contribution in [-0.4, -0.2) is 11.1 Å². The van der Waals surface area contributed by atoms with Crippen molar-refractivity contribution in [1.29, 1.82) is 0 Å². The summed E-state index contributed by atoms with van der Waals surface area (Å²) >= 11 is 2.82. The first-order chi connectivity index (χ1) is 7.02. The highest BCUT2D eigenvalue weighted by atomic mass is 79.9. The summed E-state index contributed by atoms with van der Waals surface area (Å²) < 4.78 is 18.0. The van der Waals surface area contributed by atoms with Crippen LogP contribution in [0.1, 0.15) is 6.92 Å². The van der Waals surface area contributed by atoms with Crippen molar-refractivity contribution in [3.8, 4) is 5.75 Å². The fourth-order valence-corrected chi connectivity index (χ4v) is 0.969. The van der Waals surface area contributed by atoms with Crippen LogP contribution in [0.3, 0.4) is 0 Å². The number of para-hydroxylation sites is 1. The van der Waals surface area contributed by atoms with Crippen molar-refractivity contribution in [1.82, 2.24) is 0 Å². The number of hydrogen-bond acceptors (Lipinski definition) is 2. The predicted octanol–water partition coefficient (Wildman–Crippen LogP) is 2.92. The molecule has 0 radical (unpaired) electrons. The van der Waals surface area contributed by atoms with Crippen molar-refractivity contribution in [3.63, 3.8) is 0 Å². The van der Waals surface area contributed by atoms with Crippen LogP contribution in [0.5, 0.6) is 5.75 Å². The van der Waals surface area contributed by atoms with Gasteiger partial charge in [0.05, 0.1) is 0 Å². The number of rotatable bonds is 3. The molecule has 0 aliphatic heterocycles. The average molecular weight is 275 g/mol. The molecule has 1 aromatic rings. The van der Waals surface area contributed by atoms with Gasteiger partial charge in [0.25, 0.3) is 0 Å². The van der Waals surface area contributed by atoms with Gasteiger partial charge in [-0.25, -0.2) is 9.18 Å². The van der Waals surface area contributed by atoms with E-state index >= 15 is 0 Å². The second-order valence-corrected chi connectivity index (χ2v) is 3.50. The van der Waals surface area contributed by atoms with Crippen molar-refractivity contribution >= 4 is 21.9 Å². The number of carboxylic acid groups (broad SMARTS) is 1. The van der Waals surface area contributed by atoms with Crippen LogP contribution in [0.2, 0.25) is 0 Å². The third-order valence-electron chi connectivity index (χ3n) is 1.60. The Morgan fingerprint density at radius 2 is 2.07 bits per heavy atom. The van der Waals surface area contributed by atoms with E-state index in [2.05, 4.69) is 15.9 Å². The van der Waals surface area contributed by atoms with Crippen molar-refractivity contribution < 1.29 is 19.0 Å². The minimum atomic E-state index is -1.16. The van der Waals surface area contributed by atoms with Gasteiger partial charge in [-0.1, -0.05) is 12.1 Å². The van der Waals surface area contributed by atoms with Gasteiger partial charge in [-0.2, -0.15) is 0 Å². The molecule has 1 aromatic carbocycles. The standard InChI is InChI=1S/C10H8BrFO3/c1-6(9(11)10(13)14)15-8-5-3-2-4-7(8)12/h2-5H,1H3,(H,13,14)/b9-6-. The fourth-order valence-electron chi connectivity index (χ4n) is 0.888. The molecule has 0 atom stereocenters. The second-order valence-electron chi connectivity index (χ2n) is 2.71. The molecule has 3 nitrogen and oxygen atoms in total. The number of allylic oxidation sites excluding steroid dienone is 1. The number of aliphatic carboxylic acids is 1. The smallest absolute Gasteiger partial charge is 0.346 e. The molecule has 0 saturated carbocycles. The molecule has 0 aliphatic rings. The zero-order chi connectivity index (χ0) is 11.4. The van der Waals surface area contributed by atoms with Crippen LogP contribution in [0, 0.1) is 5.82 Å². The largest absolute Gasteiger partial charge is 0.477 e. The Morgan fingerprint density at radius 1 is 1.47 bits per heavy atom. The van der Waals surface area contributed by atoms with Gasteiger partial charge in [0, 0.05) is 0 Å². The number of carboxylic acids is 1. The molecule has 0 saturated heterocycles. The normalized spacial score (nSPS) is 11.9. The van der Waals surface area contributed by atoms with Gasteiger partial charge in [-0.3, -0.25) is 0 Å². The number of halogens is 2. The Labute approximate surface area is 94.3 Å². The summed E-state index contributed by atoms with van der Waals surface area (Å²) in [5, 5.41) is 8.62. The van der Waals surface area contributed by atoms with Crippen LogP contribution in [0.4, 0.5) is 4.39 Å². The zero-order valence-corrected chi connectivity index (χ0v) is 9.42. The Hall–Kier alpha value is -1.36. The highest BCUT2D eigenvalue weighted by Crippen LogP contribution is 2.21. The van der Waals surface area contributed by atoms with Crippen LogP contribution in [-0.2, 0) is 4.79 Å². The van der Waals surface area contributed by atoms with E-state index in [1.54, 1.807) is 6.07 Å². The summed E-state index contributed by atoms with van der Waals surface area (Å²) in [5.74, 6) is -1.62. The van der Waals surface area contributed by atoms with Crippen LogP contribution >= 0.6 is 15.9 Å². The molecule has 0 spiro atoms. The van der Waals surface area contributed by atoms with E-state index in [1.807, 2.05) is 0 Å². The van der Waals surface area contributed by atoms with Gasteiger partial charge in [-0.15, -0.1) is 0 Å². The lowest BCUT2D eigenvalue weighted by Crippen LogP contribution is -2.02. The van der Waals surface area contributed by atoms with Gasteiger partial charge in [0.1, 0.15) is 10.2 Å². The monoisotopic (exact) mass is 274 g/mol. The van der Waals surface area contributed by atoms with E-state index in [9.17, 15) is 9.18 Å². The Bertz CT molecular complexity index is 415. The lowest BCUT2D eigenvalue weighted by atomic mass is 10.3. The van der Waals surface area contributed by atoms with E-state index in [1.165, 1.54) is 25.1 Å². The molecule has 0 aromatic heterocycles. The molecular weight excluding hydrogens is 267 g/mol. The zero-order valence-electron chi connectivity index (χ0n) is 7.83. The Morgan fingerprint density at radius 3 is 2.60 bits per heavy atom. The molecular formula is C10H8BrFO3. The van der Waals surface area contributed by atoms with E-state index < -0.39 is 11.8 Å². The highest BCUT2D eigenvalue weighted by molar-refractivity contribution is 9.12. The third-order valence-corrected chi connectivity index (χ3v) is 2.49. The first-order valence-electron chi connectivity index (χ1n) is 4.04. The molecule has 0 unspecified atom stereocenters. The number of benzene rings is 1.